The monoisotopic (exact) mass is 154 g/mol. The van der Waals surface area contributed by atoms with Crippen LogP contribution in [0.3, 0.4) is 0 Å². The Kier molecular flexibility index (Phi) is 3.39. The van der Waals surface area contributed by atoms with E-state index in [4.69, 9.17) is 10.4 Å². The summed E-state index contributed by atoms with van der Waals surface area (Å²) in [7, 11) is 0. The number of hydrogen-bond donors (Lipinski definition) is 1. The van der Waals surface area contributed by atoms with Gasteiger partial charge < -0.3 is 9.84 Å². The van der Waals surface area contributed by atoms with Crippen LogP contribution in [0.25, 0.3) is 0 Å². The molecule has 0 aromatic carbocycles. The molecule has 0 aliphatic heterocycles. The number of aliphatic carboxylic acids is 1. The molecule has 1 N–H and O–H groups in total. The number of carboxylic acids is 1. The Morgan fingerprint density at radius 3 is 2.45 bits per heavy atom. The molecule has 11 heavy (non-hydrogen) atoms. The molecule has 0 amide bonds. The van der Waals surface area contributed by atoms with E-state index in [-0.39, 0.29) is 5.57 Å². The number of hydrogen-bond acceptors (Lipinski definition) is 4. The zero-order valence-electron chi connectivity index (χ0n) is 5.62. The Morgan fingerprint density at radius 1 is 1.64 bits per heavy atom. The Labute approximate surface area is 62.5 Å². The third-order valence-electron chi connectivity index (χ3n) is 0.846. The van der Waals surface area contributed by atoms with Gasteiger partial charge >= 0.3 is 12.4 Å². The molecule has 0 heterocycles. The van der Waals surface area contributed by atoms with E-state index < -0.39 is 11.7 Å². The normalized spacial score (nSPS) is 10.9. The number of nitriles is 1. The summed E-state index contributed by atoms with van der Waals surface area (Å²) in [4.78, 5) is 19.8. The highest BCUT2D eigenvalue weighted by Crippen LogP contribution is 2.03. The summed E-state index contributed by atoms with van der Waals surface area (Å²) in [5.41, 5.74) is -0.180. The number of carbonyl (C=O) groups is 1. The topological polar surface area (TPSA) is 87.4 Å². The summed E-state index contributed by atoms with van der Waals surface area (Å²) < 4.78 is 3.91. The minimum absolute atomic E-state index is 0.180. The molecule has 0 aromatic rings. The fourth-order valence-electron chi connectivity index (χ4n) is 0.373. The first-order valence-electron chi connectivity index (χ1n) is 2.51. The standard InChI is InChI=1S/C6H4NO4/c1-4(2-7)5(6(9)10)11-3-8/h1H3,(H,9,10). The first-order valence-corrected chi connectivity index (χ1v) is 2.51. The third-order valence-corrected chi connectivity index (χ3v) is 0.846. The van der Waals surface area contributed by atoms with Gasteiger partial charge in [-0.25, -0.2) is 9.59 Å². The van der Waals surface area contributed by atoms with Gasteiger partial charge in [-0.3, -0.25) is 0 Å². The summed E-state index contributed by atoms with van der Waals surface area (Å²) in [6.45, 7) is 2.15. The molecule has 5 heteroatoms. The zero-order chi connectivity index (χ0) is 8.85. The lowest BCUT2D eigenvalue weighted by molar-refractivity contribution is -0.135. The fraction of sp³-hybridized carbons (Fsp3) is 0.167. The Balaban J connectivity index is 4.75. The van der Waals surface area contributed by atoms with Crippen LogP contribution in [0.1, 0.15) is 6.92 Å². The summed E-state index contributed by atoms with van der Waals surface area (Å²) in [6, 6.07) is 1.53. The van der Waals surface area contributed by atoms with Crippen molar-refractivity contribution in [3.63, 3.8) is 0 Å². The average molecular weight is 154 g/mol. The molecular formula is C6H4NO4. The lowest BCUT2D eigenvalue weighted by Gasteiger charge is -1.95. The highest BCUT2D eigenvalue weighted by molar-refractivity contribution is 5.87. The number of carbonyl (C=O) groups excluding carboxylic acids is 1. The van der Waals surface area contributed by atoms with Gasteiger partial charge in [-0.15, -0.1) is 0 Å². The van der Waals surface area contributed by atoms with E-state index in [1.165, 1.54) is 13.0 Å². The lowest BCUT2D eigenvalue weighted by Crippen LogP contribution is -2.06. The molecule has 57 valence electrons. The van der Waals surface area contributed by atoms with Crippen molar-refractivity contribution in [1.29, 1.82) is 5.26 Å². The quantitative estimate of drug-likeness (QED) is 0.350. The lowest BCUT2D eigenvalue weighted by atomic mass is 10.3. The molecule has 0 rings (SSSR count). The van der Waals surface area contributed by atoms with E-state index in [9.17, 15) is 9.59 Å². The Hall–Kier alpha value is -1.83. The highest BCUT2D eigenvalue weighted by Gasteiger charge is 2.12. The van der Waals surface area contributed by atoms with Gasteiger partial charge in [0.25, 0.3) is 0 Å². The molecule has 0 fully saturated rings. The molecule has 0 saturated heterocycles. The van der Waals surface area contributed by atoms with Crippen LogP contribution < -0.4 is 0 Å². The largest absolute Gasteiger partial charge is 0.475 e. The van der Waals surface area contributed by atoms with Crippen LogP contribution in [0.15, 0.2) is 11.3 Å². The predicted octanol–water partition coefficient (Wildman–Crippen LogP) is -0.0476. The average Bonchev–Trinajstić information content (AvgIpc) is 1.98. The van der Waals surface area contributed by atoms with Gasteiger partial charge in [-0.05, 0) is 6.92 Å². The van der Waals surface area contributed by atoms with E-state index in [0.717, 1.165) is 6.47 Å². The van der Waals surface area contributed by atoms with Crippen LogP contribution in [0.2, 0.25) is 0 Å². The minimum Gasteiger partial charge on any atom is -0.475 e. The van der Waals surface area contributed by atoms with Crippen molar-refractivity contribution in [2.24, 2.45) is 0 Å². The maximum Gasteiger partial charge on any atom is 0.423 e. The first-order chi connectivity index (χ1) is 5.13. The number of rotatable bonds is 3. The van der Waals surface area contributed by atoms with Crippen LogP contribution in [-0.4, -0.2) is 17.5 Å². The van der Waals surface area contributed by atoms with Crippen molar-refractivity contribution >= 4 is 12.4 Å². The first kappa shape index (κ1) is 9.17. The molecule has 1 radical (unpaired) electrons. The van der Waals surface area contributed by atoms with Crippen molar-refractivity contribution in [3.05, 3.63) is 11.3 Å². The fourth-order valence-corrected chi connectivity index (χ4v) is 0.373. The van der Waals surface area contributed by atoms with Crippen LogP contribution in [0, 0.1) is 11.3 Å². The van der Waals surface area contributed by atoms with Crippen molar-refractivity contribution in [2.75, 3.05) is 0 Å². The molecule has 0 saturated carbocycles. The third kappa shape index (κ3) is 2.49. The summed E-state index contributed by atoms with van der Waals surface area (Å²) in [5, 5.41) is 16.5. The van der Waals surface area contributed by atoms with E-state index in [2.05, 4.69) is 4.74 Å². The smallest absolute Gasteiger partial charge is 0.423 e. The van der Waals surface area contributed by atoms with Gasteiger partial charge in [0, 0.05) is 0 Å². The van der Waals surface area contributed by atoms with E-state index in [1.807, 2.05) is 0 Å². The number of nitrogens with zero attached hydrogens (tertiary/aromatic N) is 1. The van der Waals surface area contributed by atoms with Crippen molar-refractivity contribution in [3.8, 4) is 6.07 Å². The van der Waals surface area contributed by atoms with Gasteiger partial charge in [0.15, 0.2) is 0 Å². The predicted molar refractivity (Wildman–Crippen MR) is 32.7 cm³/mol. The maximum absolute atomic E-state index is 10.2. The SMILES string of the molecule is CC(C#N)=C(O[C]=O)C(=O)O. The molecular weight excluding hydrogens is 150 g/mol. The molecule has 0 aliphatic rings. The van der Waals surface area contributed by atoms with E-state index >= 15 is 0 Å². The molecule has 0 unspecified atom stereocenters. The van der Waals surface area contributed by atoms with Gasteiger partial charge in [0.1, 0.15) is 0 Å². The maximum atomic E-state index is 10.2. The summed E-state index contributed by atoms with van der Waals surface area (Å²) in [5.74, 6) is -2.16. The summed E-state index contributed by atoms with van der Waals surface area (Å²) >= 11 is 0. The molecule has 0 spiro atoms. The van der Waals surface area contributed by atoms with Crippen LogP contribution in [0.4, 0.5) is 0 Å². The molecule has 0 aliphatic carbocycles. The minimum atomic E-state index is -1.47. The van der Waals surface area contributed by atoms with Crippen molar-refractivity contribution in [2.45, 2.75) is 6.92 Å². The Bertz CT molecular complexity index is 248. The second kappa shape index (κ2) is 4.06. The number of allylic oxidation sites excluding steroid dienone is 1. The molecule has 0 aromatic heterocycles. The second-order valence-corrected chi connectivity index (χ2v) is 1.56. The second-order valence-electron chi connectivity index (χ2n) is 1.56. The highest BCUT2D eigenvalue weighted by atomic mass is 16.5. The zero-order valence-corrected chi connectivity index (χ0v) is 5.62. The van der Waals surface area contributed by atoms with Gasteiger partial charge in [0.05, 0.1) is 11.6 Å². The van der Waals surface area contributed by atoms with Crippen LogP contribution in [0.5, 0.6) is 0 Å². The molecule has 0 atom stereocenters. The van der Waals surface area contributed by atoms with Gasteiger partial charge in [-0.1, -0.05) is 0 Å². The number of ether oxygens (including phenoxy) is 1. The van der Waals surface area contributed by atoms with Crippen LogP contribution >= 0.6 is 0 Å². The van der Waals surface area contributed by atoms with E-state index in [1.54, 1.807) is 0 Å². The molecule has 5 nitrogen and oxygen atoms in total. The van der Waals surface area contributed by atoms with Gasteiger partial charge in [0.2, 0.25) is 5.76 Å². The number of carboxylic acid groups (broad SMARTS) is 1. The van der Waals surface area contributed by atoms with Crippen molar-refractivity contribution < 1.29 is 19.4 Å². The molecule has 0 bridgehead atoms. The van der Waals surface area contributed by atoms with E-state index in [0.29, 0.717) is 0 Å². The van der Waals surface area contributed by atoms with Crippen LogP contribution in [-0.2, 0) is 14.3 Å². The Morgan fingerprint density at radius 2 is 2.18 bits per heavy atom. The summed E-state index contributed by atoms with van der Waals surface area (Å²) in [6.07, 6.45) is 0. The van der Waals surface area contributed by atoms with Gasteiger partial charge in [-0.2, -0.15) is 5.26 Å². The van der Waals surface area contributed by atoms with Crippen molar-refractivity contribution in [1.82, 2.24) is 0 Å².